The third-order valence-electron chi connectivity index (χ3n) is 5.06. The smallest absolute Gasteiger partial charge is 0.278 e. The summed E-state index contributed by atoms with van der Waals surface area (Å²) in [6, 6.07) is 16.1. The van der Waals surface area contributed by atoms with Gasteiger partial charge in [0.15, 0.2) is 6.04 Å². The Hall–Kier alpha value is -2.66. The third kappa shape index (κ3) is 7.02. The molecule has 2 amide bonds. The fourth-order valence-corrected chi connectivity index (χ4v) is 3.49. The predicted octanol–water partition coefficient (Wildman–Crippen LogP) is 3.10. The van der Waals surface area contributed by atoms with E-state index in [1.807, 2.05) is 57.2 Å². The van der Waals surface area contributed by atoms with Crippen LogP contribution < -0.4 is 16.0 Å². The highest BCUT2D eigenvalue weighted by atomic mass is 16.2. The van der Waals surface area contributed by atoms with Gasteiger partial charge < -0.3 is 16.0 Å². The van der Waals surface area contributed by atoms with E-state index in [1.54, 1.807) is 0 Å². The lowest BCUT2D eigenvalue weighted by atomic mass is 9.96. The van der Waals surface area contributed by atoms with Gasteiger partial charge in [0.1, 0.15) is 6.04 Å². The summed E-state index contributed by atoms with van der Waals surface area (Å²) in [6.07, 6.45) is 0.981. The quantitative estimate of drug-likeness (QED) is 0.609. The van der Waals surface area contributed by atoms with Crippen molar-refractivity contribution in [2.45, 2.75) is 53.1 Å². The van der Waals surface area contributed by atoms with Crippen LogP contribution >= 0.6 is 0 Å². The minimum absolute atomic E-state index is 0.0367. The van der Waals surface area contributed by atoms with Gasteiger partial charge in [-0.15, -0.1) is 0 Å². The minimum atomic E-state index is -0.285. The molecule has 0 fully saturated rings. The first-order chi connectivity index (χ1) is 13.8. The maximum atomic E-state index is 12.6. The number of carbonyl (C=O) groups is 2. The highest BCUT2D eigenvalue weighted by molar-refractivity contribution is 5.96. The van der Waals surface area contributed by atoms with Gasteiger partial charge in [0, 0.05) is 17.7 Å². The van der Waals surface area contributed by atoms with Gasteiger partial charge in [-0.25, -0.2) is 0 Å². The van der Waals surface area contributed by atoms with E-state index in [1.165, 1.54) is 5.56 Å². The van der Waals surface area contributed by atoms with Crippen molar-refractivity contribution >= 4 is 17.5 Å². The van der Waals surface area contributed by atoms with Crippen LogP contribution in [0.3, 0.4) is 0 Å². The lowest BCUT2D eigenvalue weighted by Crippen LogP contribution is -2.92. The molecule has 0 aliphatic rings. The normalized spacial score (nSPS) is 13.0. The number of quaternary nitrogens is 1. The average molecular weight is 397 g/mol. The molecule has 0 bridgehead atoms. The zero-order valence-electron chi connectivity index (χ0n) is 18.2. The highest BCUT2D eigenvalue weighted by Crippen LogP contribution is 2.19. The molecule has 0 saturated carbocycles. The van der Waals surface area contributed by atoms with Crippen molar-refractivity contribution in [1.29, 1.82) is 0 Å². The average Bonchev–Trinajstić information content (AvgIpc) is 2.68. The molecule has 5 nitrogen and oxygen atoms in total. The summed E-state index contributed by atoms with van der Waals surface area (Å²) < 4.78 is 0. The van der Waals surface area contributed by atoms with E-state index in [4.69, 9.17) is 0 Å². The van der Waals surface area contributed by atoms with Crippen LogP contribution in [0.25, 0.3) is 0 Å². The highest BCUT2D eigenvalue weighted by Gasteiger charge is 2.24. The molecule has 0 spiro atoms. The Labute approximate surface area is 174 Å². The molecular formula is C24H34N3O2+. The maximum absolute atomic E-state index is 12.6. The zero-order chi connectivity index (χ0) is 21.4. The second-order valence-electron chi connectivity index (χ2n) is 8.16. The number of nitrogens with two attached hydrogens (primary N) is 1. The van der Waals surface area contributed by atoms with Crippen molar-refractivity contribution in [3.63, 3.8) is 0 Å². The number of benzene rings is 2. The number of para-hydroxylation sites is 1. The summed E-state index contributed by atoms with van der Waals surface area (Å²) in [4.78, 5) is 24.9. The van der Waals surface area contributed by atoms with Gasteiger partial charge in [-0.3, -0.25) is 9.59 Å². The number of amides is 2. The van der Waals surface area contributed by atoms with E-state index in [-0.39, 0.29) is 30.4 Å². The van der Waals surface area contributed by atoms with Gasteiger partial charge in [-0.05, 0) is 37.8 Å². The first-order valence-electron chi connectivity index (χ1n) is 10.3. The molecule has 0 unspecified atom stereocenters. The number of aryl methyl sites for hydroxylation is 2. The van der Waals surface area contributed by atoms with Gasteiger partial charge in [-0.2, -0.15) is 0 Å². The monoisotopic (exact) mass is 396 g/mol. The molecule has 0 aliphatic carbocycles. The SMILES string of the molecule is Cc1cccc(C)c1NC(=O)CNC(=O)[C@@H](C)[NH2+][C@H](CC(C)C)c1ccccc1. The summed E-state index contributed by atoms with van der Waals surface area (Å²) in [7, 11) is 0. The number of carbonyl (C=O) groups excluding carboxylic acids is 2. The fraction of sp³-hybridized carbons (Fsp3) is 0.417. The molecule has 5 heteroatoms. The van der Waals surface area contributed by atoms with E-state index in [2.05, 4.69) is 41.9 Å². The van der Waals surface area contributed by atoms with Crippen molar-refractivity contribution in [3.05, 3.63) is 65.2 Å². The van der Waals surface area contributed by atoms with E-state index in [0.717, 1.165) is 23.2 Å². The van der Waals surface area contributed by atoms with E-state index < -0.39 is 0 Å². The number of hydrogen-bond acceptors (Lipinski definition) is 2. The van der Waals surface area contributed by atoms with Crippen LogP contribution in [0, 0.1) is 19.8 Å². The molecule has 0 aromatic heterocycles. The van der Waals surface area contributed by atoms with Crippen molar-refractivity contribution in [2.75, 3.05) is 11.9 Å². The van der Waals surface area contributed by atoms with E-state index in [0.29, 0.717) is 5.92 Å². The number of rotatable bonds is 9. The number of anilines is 1. The Kier molecular flexibility index (Phi) is 8.40. The maximum Gasteiger partial charge on any atom is 0.278 e. The van der Waals surface area contributed by atoms with E-state index in [9.17, 15) is 9.59 Å². The number of hydrogen-bond donors (Lipinski definition) is 3. The summed E-state index contributed by atoms with van der Waals surface area (Å²) in [5.41, 5.74) is 4.04. The van der Waals surface area contributed by atoms with E-state index >= 15 is 0 Å². The molecule has 0 saturated heterocycles. The topological polar surface area (TPSA) is 74.8 Å². The summed E-state index contributed by atoms with van der Waals surface area (Å²) in [6.45, 7) is 10.1. The Morgan fingerprint density at radius 3 is 2.14 bits per heavy atom. The van der Waals surface area contributed by atoms with Crippen LogP contribution in [0.5, 0.6) is 0 Å². The lowest BCUT2D eigenvalue weighted by molar-refractivity contribution is -0.714. The molecular weight excluding hydrogens is 362 g/mol. The van der Waals surface area contributed by atoms with Crippen LogP contribution in [0.4, 0.5) is 5.69 Å². The van der Waals surface area contributed by atoms with Crippen molar-refractivity contribution in [3.8, 4) is 0 Å². The molecule has 2 rings (SSSR count). The Morgan fingerprint density at radius 2 is 1.55 bits per heavy atom. The van der Waals surface area contributed by atoms with Gasteiger partial charge in [0.05, 0.1) is 6.54 Å². The van der Waals surface area contributed by atoms with Gasteiger partial charge in [0.2, 0.25) is 5.91 Å². The molecule has 0 heterocycles. The van der Waals surface area contributed by atoms with Crippen LogP contribution in [0.1, 0.15) is 49.9 Å². The van der Waals surface area contributed by atoms with Crippen LogP contribution in [-0.4, -0.2) is 24.4 Å². The van der Waals surface area contributed by atoms with Crippen molar-refractivity contribution in [2.24, 2.45) is 5.92 Å². The van der Waals surface area contributed by atoms with Crippen molar-refractivity contribution in [1.82, 2.24) is 5.32 Å². The lowest BCUT2D eigenvalue weighted by Gasteiger charge is -2.21. The molecule has 29 heavy (non-hydrogen) atoms. The molecule has 2 aromatic carbocycles. The summed E-state index contributed by atoms with van der Waals surface area (Å²) in [5.74, 6) is 0.172. The third-order valence-corrected chi connectivity index (χ3v) is 5.06. The Morgan fingerprint density at radius 1 is 0.931 bits per heavy atom. The first-order valence-corrected chi connectivity index (χ1v) is 10.3. The molecule has 2 aromatic rings. The van der Waals surface area contributed by atoms with Gasteiger partial charge in [0.25, 0.3) is 5.91 Å². The molecule has 2 atom stereocenters. The van der Waals surface area contributed by atoms with Crippen LogP contribution in [0.15, 0.2) is 48.5 Å². The van der Waals surface area contributed by atoms with Crippen LogP contribution in [0.2, 0.25) is 0 Å². The second-order valence-corrected chi connectivity index (χ2v) is 8.16. The largest absolute Gasteiger partial charge is 0.342 e. The molecule has 4 N–H and O–H groups in total. The Balaban J connectivity index is 1.91. The molecule has 0 aliphatic heterocycles. The fourth-order valence-electron chi connectivity index (χ4n) is 3.49. The Bertz CT molecular complexity index is 798. The molecule has 0 radical (unpaired) electrons. The molecule has 156 valence electrons. The number of nitrogens with one attached hydrogen (secondary N) is 2. The summed E-state index contributed by atoms with van der Waals surface area (Å²) >= 11 is 0. The minimum Gasteiger partial charge on any atom is -0.342 e. The van der Waals surface area contributed by atoms with Gasteiger partial charge in [-0.1, -0.05) is 62.4 Å². The first kappa shape index (κ1) is 22.6. The second kappa shape index (κ2) is 10.8. The zero-order valence-corrected chi connectivity index (χ0v) is 18.2. The van der Waals surface area contributed by atoms with Gasteiger partial charge >= 0.3 is 0 Å². The predicted molar refractivity (Wildman–Crippen MR) is 118 cm³/mol. The van der Waals surface area contributed by atoms with Crippen LogP contribution in [-0.2, 0) is 9.59 Å². The van der Waals surface area contributed by atoms with Crippen molar-refractivity contribution < 1.29 is 14.9 Å². The standard InChI is InChI=1S/C24H33N3O2/c1-16(2)14-21(20-12-7-6-8-13-20)26-19(5)24(29)25-15-22(28)27-23-17(3)10-9-11-18(23)4/h6-13,16,19,21,26H,14-15H2,1-5H3,(H,25,29)(H,27,28)/p+1/t19-,21-/m1/s1. The summed E-state index contributed by atoms with van der Waals surface area (Å²) in [5, 5.41) is 7.76.